The van der Waals surface area contributed by atoms with Gasteiger partial charge < -0.3 is 19.2 Å². The van der Waals surface area contributed by atoms with Crippen molar-refractivity contribution in [2.75, 3.05) is 31.1 Å². The Bertz CT molecular complexity index is 1060. The van der Waals surface area contributed by atoms with E-state index < -0.39 is 0 Å². The van der Waals surface area contributed by atoms with Crippen LogP contribution in [-0.4, -0.2) is 47.0 Å². The van der Waals surface area contributed by atoms with E-state index in [4.69, 9.17) is 4.42 Å². The van der Waals surface area contributed by atoms with Crippen LogP contribution in [0.25, 0.3) is 10.9 Å². The molecule has 142 valence electrons. The van der Waals surface area contributed by atoms with Crippen molar-refractivity contribution in [1.29, 1.82) is 5.26 Å². The van der Waals surface area contributed by atoms with Gasteiger partial charge in [0.15, 0.2) is 0 Å². The van der Waals surface area contributed by atoms with E-state index in [1.165, 1.54) is 0 Å². The average molecular weight is 375 g/mol. The third-order valence-electron chi connectivity index (χ3n) is 5.59. The summed E-state index contributed by atoms with van der Waals surface area (Å²) in [6.45, 7) is 2.53. The largest absolute Gasteiger partial charge is 0.423 e. The number of piperazine rings is 1. The number of carbonyl (C=O) groups is 1. The zero-order valence-corrected chi connectivity index (χ0v) is 15.5. The SMILES string of the molecule is N#Cc1nc(C2CC2)oc1N1CCN(C(=O)Cc2c[nH]c3ccccc23)CC1. The molecule has 2 fully saturated rings. The van der Waals surface area contributed by atoms with Crippen LogP contribution in [0.2, 0.25) is 0 Å². The van der Waals surface area contributed by atoms with E-state index in [1.54, 1.807) is 0 Å². The lowest BCUT2D eigenvalue weighted by Gasteiger charge is -2.34. The molecule has 28 heavy (non-hydrogen) atoms. The van der Waals surface area contributed by atoms with Gasteiger partial charge in [-0.15, -0.1) is 0 Å². The summed E-state index contributed by atoms with van der Waals surface area (Å²) in [5.74, 6) is 1.75. The van der Waals surface area contributed by atoms with Gasteiger partial charge in [-0.3, -0.25) is 4.79 Å². The Morgan fingerprint density at radius 3 is 2.79 bits per heavy atom. The molecule has 2 aliphatic rings. The summed E-state index contributed by atoms with van der Waals surface area (Å²) in [6.07, 6.45) is 4.48. The average Bonchev–Trinajstić information content (AvgIpc) is 3.37. The molecule has 5 rings (SSSR count). The first-order chi connectivity index (χ1) is 13.7. The second-order valence-electron chi connectivity index (χ2n) is 7.50. The molecule has 1 aromatic carbocycles. The molecule has 0 spiro atoms. The normalized spacial score (nSPS) is 17.1. The highest BCUT2D eigenvalue weighted by Gasteiger charge is 2.32. The Hall–Kier alpha value is -3.27. The molecule has 0 unspecified atom stereocenters. The fourth-order valence-corrected chi connectivity index (χ4v) is 3.83. The van der Waals surface area contributed by atoms with Crippen molar-refractivity contribution in [3.8, 4) is 6.07 Å². The highest BCUT2D eigenvalue weighted by atomic mass is 16.4. The minimum atomic E-state index is 0.126. The third kappa shape index (κ3) is 3.01. The predicted octanol–water partition coefficient (Wildman–Crippen LogP) is 2.80. The molecule has 7 heteroatoms. The van der Waals surface area contributed by atoms with E-state index in [0.29, 0.717) is 56.0 Å². The molecule has 3 aromatic rings. The summed E-state index contributed by atoms with van der Waals surface area (Å²) in [5.41, 5.74) is 2.44. The molecule has 0 bridgehead atoms. The number of carbonyl (C=O) groups excluding carboxylic acids is 1. The van der Waals surface area contributed by atoms with Crippen LogP contribution >= 0.6 is 0 Å². The van der Waals surface area contributed by atoms with Gasteiger partial charge in [-0.05, 0) is 24.5 Å². The van der Waals surface area contributed by atoms with E-state index in [-0.39, 0.29) is 5.91 Å². The minimum Gasteiger partial charge on any atom is -0.423 e. The highest BCUT2D eigenvalue weighted by molar-refractivity contribution is 5.89. The number of rotatable bonds is 4. The lowest BCUT2D eigenvalue weighted by Crippen LogP contribution is -2.49. The lowest BCUT2D eigenvalue weighted by atomic mass is 10.1. The Kier molecular flexibility index (Phi) is 4.05. The zero-order chi connectivity index (χ0) is 19.1. The van der Waals surface area contributed by atoms with Gasteiger partial charge in [0, 0.05) is 49.2 Å². The van der Waals surface area contributed by atoms with E-state index >= 15 is 0 Å². The number of benzene rings is 1. The molecule has 2 aromatic heterocycles. The second kappa shape index (κ2) is 6.71. The van der Waals surface area contributed by atoms with Crippen LogP contribution in [0, 0.1) is 11.3 Å². The first-order valence-electron chi connectivity index (χ1n) is 9.71. The topological polar surface area (TPSA) is 89.2 Å². The number of oxazole rings is 1. The third-order valence-corrected chi connectivity index (χ3v) is 5.59. The number of hydrogen-bond acceptors (Lipinski definition) is 5. The molecule has 0 atom stereocenters. The van der Waals surface area contributed by atoms with Crippen molar-refractivity contribution >= 4 is 22.7 Å². The van der Waals surface area contributed by atoms with Gasteiger partial charge in [-0.25, -0.2) is 4.98 Å². The molecule has 1 N–H and O–H groups in total. The van der Waals surface area contributed by atoms with Crippen molar-refractivity contribution in [1.82, 2.24) is 14.9 Å². The molecular formula is C21H21N5O2. The van der Waals surface area contributed by atoms with E-state index in [0.717, 1.165) is 29.3 Å². The van der Waals surface area contributed by atoms with Crippen LogP contribution in [0.5, 0.6) is 0 Å². The number of hydrogen-bond donors (Lipinski definition) is 1. The smallest absolute Gasteiger partial charge is 0.234 e. The maximum atomic E-state index is 12.8. The molecular weight excluding hydrogens is 354 g/mol. The molecule has 1 amide bonds. The van der Waals surface area contributed by atoms with Crippen molar-refractivity contribution < 1.29 is 9.21 Å². The van der Waals surface area contributed by atoms with Gasteiger partial charge in [-0.1, -0.05) is 18.2 Å². The van der Waals surface area contributed by atoms with Gasteiger partial charge in [0.25, 0.3) is 0 Å². The molecule has 1 aliphatic heterocycles. The van der Waals surface area contributed by atoms with Crippen LogP contribution in [-0.2, 0) is 11.2 Å². The van der Waals surface area contributed by atoms with Crippen LogP contribution in [0.1, 0.15) is 35.9 Å². The molecule has 7 nitrogen and oxygen atoms in total. The summed E-state index contributed by atoms with van der Waals surface area (Å²) < 4.78 is 5.88. The number of nitrogens with one attached hydrogen (secondary N) is 1. The maximum Gasteiger partial charge on any atom is 0.234 e. The monoisotopic (exact) mass is 375 g/mol. The number of fused-ring (bicyclic) bond motifs is 1. The number of nitriles is 1. The first-order valence-corrected chi connectivity index (χ1v) is 9.71. The number of para-hydroxylation sites is 1. The van der Waals surface area contributed by atoms with Crippen molar-refractivity contribution in [3.63, 3.8) is 0 Å². The summed E-state index contributed by atoms with van der Waals surface area (Å²) in [4.78, 5) is 24.3. The van der Waals surface area contributed by atoms with Crippen LogP contribution in [0.3, 0.4) is 0 Å². The van der Waals surface area contributed by atoms with Crippen LogP contribution < -0.4 is 4.90 Å². The number of anilines is 1. The van der Waals surface area contributed by atoms with E-state index in [9.17, 15) is 10.1 Å². The summed E-state index contributed by atoms with van der Waals surface area (Å²) in [5, 5.41) is 10.5. The number of nitrogens with zero attached hydrogens (tertiary/aromatic N) is 4. The fraction of sp³-hybridized carbons (Fsp3) is 0.381. The summed E-state index contributed by atoms with van der Waals surface area (Å²) in [6, 6.07) is 10.2. The van der Waals surface area contributed by atoms with Gasteiger partial charge >= 0.3 is 0 Å². The Balaban J connectivity index is 1.24. The maximum absolute atomic E-state index is 12.8. The Morgan fingerprint density at radius 1 is 1.25 bits per heavy atom. The van der Waals surface area contributed by atoms with Gasteiger partial charge in [0.05, 0.1) is 6.42 Å². The first kappa shape index (κ1) is 16.9. The molecule has 1 aliphatic carbocycles. The summed E-state index contributed by atoms with van der Waals surface area (Å²) >= 11 is 0. The van der Waals surface area contributed by atoms with Crippen molar-refractivity contribution in [2.45, 2.75) is 25.2 Å². The number of aromatic nitrogens is 2. The van der Waals surface area contributed by atoms with Gasteiger partial charge in [-0.2, -0.15) is 5.26 Å². The number of amides is 1. The van der Waals surface area contributed by atoms with Crippen molar-refractivity contribution in [3.05, 3.63) is 47.6 Å². The summed E-state index contributed by atoms with van der Waals surface area (Å²) in [7, 11) is 0. The molecule has 3 heterocycles. The number of H-pyrrole nitrogens is 1. The molecule has 1 saturated heterocycles. The highest BCUT2D eigenvalue weighted by Crippen LogP contribution is 2.41. The minimum absolute atomic E-state index is 0.126. The Labute approximate surface area is 162 Å². The Morgan fingerprint density at radius 2 is 2.04 bits per heavy atom. The predicted molar refractivity (Wildman–Crippen MR) is 104 cm³/mol. The van der Waals surface area contributed by atoms with Crippen LogP contribution in [0.4, 0.5) is 5.88 Å². The number of aromatic amines is 1. The van der Waals surface area contributed by atoms with Gasteiger partial charge in [0.2, 0.25) is 23.4 Å². The van der Waals surface area contributed by atoms with Gasteiger partial charge in [0.1, 0.15) is 6.07 Å². The van der Waals surface area contributed by atoms with E-state index in [2.05, 4.69) is 16.0 Å². The quantitative estimate of drug-likeness (QED) is 0.757. The zero-order valence-electron chi connectivity index (χ0n) is 15.5. The van der Waals surface area contributed by atoms with Crippen LogP contribution in [0.15, 0.2) is 34.9 Å². The second-order valence-corrected chi connectivity index (χ2v) is 7.50. The van der Waals surface area contributed by atoms with Crippen molar-refractivity contribution in [2.24, 2.45) is 0 Å². The fourth-order valence-electron chi connectivity index (χ4n) is 3.83. The molecule has 1 saturated carbocycles. The molecule has 0 radical (unpaired) electrons. The standard InChI is InChI=1S/C21H21N5O2/c22-12-18-21(28-20(24-18)14-5-6-14)26-9-7-25(8-10-26)19(27)11-15-13-23-17-4-2-1-3-16(15)17/h1-4,13-14,23H,5-11H2. The van der Waals surface area contributed by atoms with E-state index in [1.807, 2.05) is 40.3 Å². The lowest BCUT2D eigenvalue weighted by molar-refractivity contribution is -0.130.